The molecule has 1 aliphatic heterocycles. The molecule has 1 heterocycles. The molecule has 3 rings (SSSR count). The Morgan fingerprint density at radius 1 is 1.14 bits per heavy atom. The van der Waals surface area contributed by atoms with Crippen molar-refractivity contribution in [2.24, 2.45) is 0 Å². The monoisotopic (exact) mass is 297 g/mol. The molecule has 0 spiro atoms. The third-order valence-corrected chi connectivity index (χ3v) is 4.23. The molecule has 0 amide bonds. The fourth-order valence-corrected chi connectivity index (χ4v) is 2.86. The highest BCUT2D eigenvalue weighted by molar-refractivity contribution is 5.41. The number of fused-ring (bicyclic) bond motifs is 1. The summed E-state index contributed by atoms with van der Waals surface area (Å²) in [7, 11) is 1.69. The van der Waals surface area contributed by atoms with Crippen molar-refractivity contribution in [1.82, 2.24) is 5.32 Å². The Kier molecular flexibility index (Phi) is 4.64. The van der Waals surface area contributed by atoms with Gasteiger partial charge in [-0.1, -0.05) is 31.2 Å². The maximum atomic E-state index is 5.78. The van der Waals surface area contributed by atoms with E-state index in [1.165, 1.54) is 16.7 Å². The second kappa shape index (κ2) is 6.84. The van der Waals surface area contributed by atoms with Gasteiger partial charge in [0.1, 0.15) is 11.5 Å². The summed E-state index contributed by atoms with van der Waals surface area (Å²) in [5, 5.41) is 3.66. The van der Waals surface area contributed by atoms with Gasteiger partial charge in [-0.2, -0.15) is 0 Å². The average molecular weight is 297 g/mol. The molecular formula is C19H23NO2. The predicted octanol–water partition coefficient (Wildman–Crippen LogP) is 3.87. The molecule has 1 atom stereocenters. The third-order valence-electron chi connectivity index (χ3n) is 4.23. The molecule has 116 valence electrons. The summed E-state index contributed by atoms with van der Waals surface area (Å²) in [6, 6.07) is 15.1. The van der Waals surface area contributed by atoms with Gasteiger partial charge in [0.25, 0.3) is 0 Å². The summed E-state index contributed by atoms with van der Waals surface area (Å²) in [5.74, 6) is 1.92. The largest absolute Gasteiger partial charge is 0.497 e. The Balaban J connectivity index is 1.71. The van der Waals surface area contributed by atoms with Crippen LogP contribution in [0.25, 0.3) is 0 Å². The Hall–Kier alpha value is -2.00. The van der Waals surface area contributed by atoms with E-state index in [-0.39, 0.29) is 0 Å². The van der Waals surface area contributed by atoms with Crippen molar-refractivity contribution in [1.29, 1.82) is 0 Å². The second-order valence-corrected chi connectivity index (χ2v) is 5.64. The third kappa shape index (κ3) is 3.25. The smallest absolute Gasteiger partial charge is 0.124 e. The molecule has 22 heavy (non-hydrogen) atoms. The van der Waals surface area contributed by atoms with Crippen LogP contribution in [0.3, 0.4) is 0 Å². The van der Waals surface area contributed by atoms with Crippen molar-refractivity contribution in [3.63, 3.8) is 0 Å². The summed E-state index contributed by atoms with van der Waals surface area (Å²) in [6.07, 6.45) is 2.06. The van der Waals surface area contributed by atoms with Crippen molar-refractivity contribution in [3.05, 3.63) is 59.2 Å². The van der Waals surface area contributed by atoms with Crippen LogP contribution in [0.1, 0.15) is 36.1 Å². The maximum absolute atomic E-state index is 5.78. The molecule has 0 aromatic heterocycles. The highest BCUT2D eigenvalue weighted by Gasteiger charge is 2.21. The zero-order valence-electron chi connectivity index (χ0n) is 13.3. The van der Waals surface area contributed by atoms with E-state index in [1.807, 2.05) is 12.1 Å². The second-order valence-electron chi connectivity index (χ2n) is 5.64. The summed E-state index contributed by atoms with van der Waals surface area (Å²) in [5.41, 5.74) is 3.92. The fraction of sp³-hybridized carbons (Fsp3) is 0.368. The Morgan fingerprint density at radius 2 is 1.91 bits per heavy atom. The molecule has 3 nitrogen and oxygen atoms in total. The molecule has 0 saturated carbocycles. The van der Waals surface area contributed by atoms with Crippen molar-refractivity contribution >= 4 is 0 Å². The molecule has 0 radical (unpaired) electrons. The van der Waals surface area contributed by atoms with Gasteiger partial charge in [0.15, 0.2) is 0 Å². The lowest BCUT2D eigenvalue weighted by Gasteiger charge is -2.27. The number of hydrogen-bond donors (Lipinski definition) is 1. The van der Waals surface area contributed by atoms with Gasteiger partial charge < -0.3 is 14.8 Å². The van der Waals surface area contributed by atoms with Crippen LogP contribution in [0.5, 0.6) is 11.5 Å². The molecule has 1 aliphatic rings. The summed E-state index contributed by atoms with van der Waals surface area (Å²) in [4.78, 5) is 0. The molecule has 0 aliphatic carbocycles. The summed E-state index contributed by atoms with van der Waals surface area (Å²) >= 11 is 0. The molecule has 2 aromatic carbocycles. The number of rotatable bonds is 5. The van der Waals surface area contributed by atoms with Crippen molar-refractivity contribution in [2.45, 2.75) is 32.4 Å². The highest BCUT2D eigenvalue weighted by atomic mass is 16.5. The number of aryl methyl sites for hydroxylation is 1. The van der Waals surface area contributed by atoms with E-state index >= 15 is 0 Å². The zero-order valence-corrected chi connectivity index (χ0v) is 13.3. The number of methoxy groups -OCH3 is 1. The molecule has 1 unspecified atom stereocenters. The van der Waals surface area contributed by atoms with Crippen molar-refractivity contribution < 1.29 is 9.47 Å². The lowest BCUT2D eigenvalue weighted by molar-refractivity contribution is 0.252. The number of ether oxygens (including phenoxy) is 2. The van der Waals surface area contributed by atoms with Gasteiger partial charge >= 0.3 is 0 Å². The molecular weight excluding hydrogens is 274 g/mol. The first-order valence-corrected chi connectivity index (χ1v) is 7.92. The minimum absolute atomic E-state index is 0.359. The first-order valence-electron chi connectivity index (χ1n) is 7.92. The minimum Gasteiger partial charge on any atom is -0.497 e. The van der Waals surface area contributed by atoms with Gasteiger partial charge in [0.2, 0.25) is 0 Å². The van der Waals surface area contributed by atoms with Gasteiger partial charge in [-0.15, -0.1) is 0 Å². The van der Waals surface area contributed by atoms with E-state index in [0.29, 0.717) is 6.04 Å². The van der Waals surface area contributed by atoms with E-state index in [9.17, 15) is 0 Å². The van der Waals surface area contributed by atoms with Crippen LogP contribution in [-0.4, -0.2) is 13.7 Å². The van der Waals surface area contributed by atoms with Crippen molar-refractivity contribution in [3.8, 4) is 11.5 Å². The molecule has 0 bridgehead atoms. The average Bonchev–Trinajstić information content (AvgIpc) is 2.59. The van der Waals surface area contributed by atoms with Gasteiger partial charge in [-0.25, -0.2) is 0 Å². The minimum atomic E-state index is 0.359. The number of benzene rings is 2. The van der Waals surface area contributed by atoms with Crippen LogP contribution in [0.4, 0.5) is 0 Å². The van der Waals surface area contributed by atoms with E-state index in [0.717, 1.165) is 37.5 Å². The first-order chi connectivity index (χ1) is 10.8. The van der Waals surface area contributed by atoms with E-state index < -0.39 is 0 Å². The van der Waals surface area contributed by atoms with Gasteiger partial charge in [0, 0.05) is 24.6 Å². The zero-order chi connectivity index (χ0) is 15.4. The van der Waals surface area contributed by atoms with Crippen LogP contribution in [0.15, 0.2) is 42.5 Å². The fourth-order valence-electron chi connectivity index (χ4n) is 2.86. The molecule has 3 heteroatoms. The van der Waals surface area contributed by atoms with Crippen LogP contribution in [0, 0.1) is 0 Å². The molecule has 0 fully saturated rings. The maximum Gasteiger partial charge on any atom is 0.124 e. The normalized spacial score (nSPS) is 16.7. The van der Waals surface area contributed by atoms with Crippen LogP contribution in [-0.2, 0) is 13.0 Å². The van der Waals surface area contributed by atoms with Gasteiger partial charge in [0.05, 0.1) is 13.7 Å². The van der Waals surface area contributed by atoms with E-state index in [2.05, 4.69) is 42.6 Å². The highest BCUT2D eigenvalue weighted by Crippen LogP contribution is 2.33. The van der Waals surface area contributed by atoms with Crippen LogP contribution >= 0.6 is 0 Å². The van der Waals surface area contributed by atoms with Gasteiger partial charge in [-0.05, 0) is 35.7 Å². The summed E-state index contributed by atoms with van der Waals surface area (Å²) < 4.78 is 11.0. The van der Waals surface area contributed by atoms with Crippen LogP contribution < -0.4 is 14.8 Å². The molecule has 2 aromatic rings. The van der Waals surface area contributed by atoms with E-state index in [1.54, 1.807) is 7.11 Å². The van der Waals surface area contributed by atoms with Crippen molar-refractivity contribution in [2.75, 3.05) is 13.7 Å². The standard InChI is InChI=1S/C19H23NO2/c1-3-14-6-9-19-17(12-14)18(10-11-22-19)20-13-15-4-7-16(21-2)8-5-15/h4-9,12,18,20H,3,10-11,13H2,1-2H3. The SMILES string of the molecule is CCc1ccc2c(c1)C(NCc1ccc(OC)cc1)CCO2. The Morgan fingerprint density at radius 3 is 2.64 bits per heavy atom. The lowest BCUT2D eigenvalue weighted by atomic mass is 9.97. The van der Waals surface area contributed by atoms with E-state index in [4.69, 9.17) is 9.47 Å². The van der Waals surface area contributed by atoms with Crippen LogP contribution in [0.2, 0.25) is 0 Å². The predicted molar refractivity (Wildman–Crippen MR) is 88.5 cm³/mol. The molecule has 1 N–H and O–H groups in total. The Bertz CT molecular complexity index is 622. The quantitative estimate of drug-likeness (QED) is 0.908. The lowest BCUT2D eigenvalue weighted by Crippen LogP contribution is -2.26. The number of nitrogens with one attached hydrogen (secondary N) is 1. The summed E-state index contributed by atoms with van der Waals surface area (Å²) in [6.45, 7) is 3.81. The van der Waals surface area contributed by atoms with Gasteiger partial charge in [-0.3, -0.25) is 0 Å². The molecule has 0 saturated heterocycles. The first kappa shape index (κ1) is 14.9. The number of hydrogen-bond acceptors (Lipinski definition) is 3. The Labute approximate surface area is 132 Å². The topological polar surface area (TPSA) is 30.5 Å².